The summed E-state index contributed by atoms with van der Waals surface area (Å²) >= 11 is 0. The molecule has 0 radical (unpaired) electrons. The van der Waals surface area contributed by atoms with Gasteiger partial charge in [0.15, 0.2) is 0 Å². The van der Waals surface area contributed by atoms with Gasteiger partial charge < -0.3 is 10.0 Å². The fourth-order valence-corrected chi connectivity index (χ4v) is 1.73. The zero-order valence-electron chi connectivity index (χ0n) is 11.1. The number of carbonyl (C=O) groups is 2. The average Bonchev–Trinajstić information content (AvgIpc) is 2.38. The lowest BCUT2D eigenvalue weighted by molar-refractivity contribution is -0.141. The van der Waals surface area contributed by atoms with E-state index in [1.807, 2.05) is 6.92 Å². The molecule has 1 aromatic rings. The van der Waals surface area contributed by atoms with E-state index in [9.17, 15) is 14.0 Å². The molecule has 0 aromatic heterocycles. The van der Waals surface area contributed by atoms with Gasteiger partial charge in [-0.3, -0.25) is 9.59 Å². The van der Waals surface area contributed by atoms with Gasteiger partial charge in [-0.2, -0.15) is 0 Å². The minimum Gasteiger partial charge on any atom is -0.481 e. The second-order valence-corrected chi connectivity index (χ2v) is 4.50. The minimum absolute atomic E-state index is 0.152. The summed E-state index contributed by atoms with van der Waals surface area (Å²) in [6.07, 6.45) is 0.735. The van der Waals surface area contributed by atoms with Gasteiger partial charge in [0.25, 0.3) is 5.91 Å². The third kappa shape index (κ3) is 4.35. The Morgan fingerprint density at radius 1 is 1.32 bits per heavy atom. The van der Waals surface area contributed by atoms with Gasteiger partial charge in [0.1, 0.15) is 5.82 Å². The average molecular weight is 267 g/mol. The van der Waals surface area contributed by atoms with Crippen LogP contribution in [-0.4, -0.2) is 35.0 Å². The third-order valence-corrected chi connectivity index (χ3v) is 2.79. The first-order valence-corrected chi connectivity index (χ1v) is 6.23. The normalized spacial score (nSPS) is 11.9. The lowest BCUT2D eigenvalue weighted by atomic mass is 10.1. The fourth-order valence-electron chi connectivity index (χ4n) is 1.73. The summed E-state index contributed by atoms with van der Waals surface area (Å²) < 4.78 is 12.8. The van der Waals surface area contributed by atoms with Crippen LogP contribution in [-0.2, 0) is 4.79 Å². The van der Waals surface area contributed by atoms with E-state index in [0.717, 1.165) is 6.42 Å². The maximum atomic E-state index is 12.8. The van der Waals surface area contributed by atoms with Crippen molar-refractivity contribution in [3.05, 3.63) is 35.6 Å². The fraction of sp³-hybridized carbons (Fsp3) is 0.429. The third-order valence-electron chi connectivity index (χ3n) is 2.79. The lowest BCUT2D eigenvalue weighted by Gasteiger charge is -2.24. The predicted octanol–water partition coefficient (Wildman–Crippen LogP) is 2.40. The van der Waals surface area contributed by atoms with Crippen LogP contribution < -0.4 is 0 Å². The van der Waals surface area contributed by atoms with Gasteiger partial charge in [0.05, 0.1) is 5.92 Å². The number of hydrogen-bond acceptors (Lipinski definition) is 2. The minimum atomic E-state index is -0.937. The highest BCUT2D eigenvalue weighted by Gasteiger charge is 2.20. The molecule has 0 aliphatic rings. The Bertz CT molecular complexity index is 445. The smallest absolute Gasteiger partial charge is 0.308 e. The monoisotopic (exact) mass is 267 g/mol. The Labute approximate surface area is 111 Å². The maximum Gasteiger partial charge on any atom is 0.308 e. The molecule has 0 fully saturated rings. The molecule has 1 aromatic carbocycles. The molecular weight excluding hydrogens is 249 g/mol. The summed E-state index contributed by atoms with van der Waals surface area (Å²) in [6, 6.07) is 5.26. The lowest BCUT2D eigenvalue weighted by Crippen LogP contribution is -2.37. The van der Waals surface area contributed by atoms with Crippen LogP contribution in [0.5, 0.6) is 0 Å². The van der Waals surface area contributed by atoms with Crippen LogP contribution in [0.3, 0.4) is 0 Å². The van der Waals surface area contributed by atoms with Crippen LogP contribution >= 0.6 is 0 Å². The van der Waals surface area contributed by atoms with Crippen molar-refractivity contribution in [1.29, 1.82) is 0 Å². The van der Waals surface area contributed by atoms with Gasteiger partial charge >= 0.3 is 5.97 Å². The van der Waals surface area contributed by atoms with Gasteiger partial charge in [0.2, 0.25) is 0 Å². The molecule has 0 bridgehead atoms. The number of benzene rings is 1. The van der Waals surface area contributed by atoms with Crippen molar-refractivity contribution in [3.8, 4) is 0 Å². The molecule has 0 aliphatic carbocycles. The molecule has 0 spiro atoms. The van der Waals surface area contributed by atoms with Crippen LogP contribution in [0, 0.1) is 11.7 Å². The van der Waals surface area contributed by atoms with Crippen LogP contribution in [0.4, 0.5) is 4.39 Å². The molecule has 1 amide bonds. The van der Waals surface area contributed by atoms with Gasteiger partial charge in [0, 0.05) is 18.7 Å². The number of amides is 1. The first kappa shape index (κ1) is 15.1. The van der Waals surface area contributed by atoms with E-state index in [-0.39, 0.29) is 12.5 Å². The second-order valence-electron chi connectivity index (χ2n) is 4.50. The number of hydrogen-bond donors (Lipinski definition) is 1. The van der Waals surface area contributed by atoms with Crippen LogP contribution in [0.15, 0.2) is 24.3 Å². The molecule has 19 heavy (non-hydrogen) atoms. The van der Waals surface area contributed by atoms with Crippen LogP contribution in [0.2, 0.25) is 0 Å². The molecule has 0 aliphatic heterocycles. The second kappa shape index (κ2) is 6.87. The van der Waals surface area contributed by atoms with Crippen molar-refractivity contribution in [1.82, 2.24) is 4.90 Å². The van der Waals surface area contributed by atoms with E-state index in [4.69, 9.17) is 5.11 Å². The molecule has 104 valence electrons. The predicted molar refractivity (Wildman–Crippen MR) is 69.4 cm³/mol. The van der Waals surface area contributed by atoms with E-state index in [1.54, 1.807) is 6.92 Å². The number of carboxylic acid groups (broad SMARTS) is 1. The Morgan fingerprint density at radius 2 is 1.89 bits per heavy atom. The van der Waals surface area contributed by atoms with Crippen molar-refractivity contribution in [2.75, 3.05) is 13.1 Å². The Morgan fingerprint density at radius 3 is 2.37 bits per heavy atom. The van der Waals surface area contributed by atoms with Crippen molar-refractivity contribution >= 4 is 11.9 Å². The standard InChI is InChI=1S/C14H18FNO3/c1-3-8-16(9-10(2)14(18)19)13(17)11-4-6-12(15)7-5-11/h4-7,10H,3,8-9H2,1-2H3,(H,18,19). The molecule has 1 N–H and O–H groups in total. The highest BCUT2D eigenvalue weighted by molar-refractivity contribution is 5.94. The van der Waals surface area contributed by atoms with E-state index >= 15 is 0 Å². The number of aliphatic carboxylic acids is 1. The van der Waals surface area contributed by atoms with Gasteiger partial charge in [-0.1, -0.05) is 13.8 Å². The number of carbonyl (C=O) groups excluding carboxylic acids is 1. The largest absolute Gasteiger partial charge is 0.481 e. The molecule has 1 unspecified atom stereocenters. The van der Waals surface area contributed by atoms with E-state index in [1.165, 1.54) is 29.2 Å². The zero-order chi connectivity index (χ0) is 14.4. The Kier molecular flexibility index (Phi) is 5.48. The quantitative estimate of drug-likeness (QED) is 0.861. The van der Waals surface area contributed by atoms with E-state index in [2.05, 4.69) is 0 Å². The molecule has 4 nitrogen and oxygen atoms in total. The summed E-state index contributed by atoms with van der Waals surface area (Å²) in [5.41, 5.74) is 0.368. The number of nitrogens with zero attached hydrogens (tertiary/aromatic N) is 1. The molecule has 0 saturated heterocycles. The number of carboxylic acids is 1. The molecule has 1 rings (SSSR count). The maximum absolute atomic E-state index is 12.8. The zero-order valence-corrected chi connectivity index (χ0v) is 11.1. The summed E-state index contributed by atoms with van der Waals surface area (Å²) in [5, 5.41) is 8.90. The first-order valence-electron chi connectivity index (χ1n) is 6.23. The van der Waals surface area contributed by atoms with Gasteiger partial charge in [-0.25, -0.2) is 4.39 Å². The first-order chi connectivity index (χ1) is 8.95. The molecule has 1 atom stereocenters. The molecule has 0 saturated carbocycles. The highest BCUT2D eigenvalue weighted by atomic mass is 19.1. The van der Waals surface area contributed by atoms with Crippen LogP contribution in [0.25, 0.3) is 0 Å². The SMILES string of the molecule is CCCN(CC(C)C(=O)O)C(=O)c1ccc(F)cc1. The summed E-state index contributed by atoms with van der Waals surface area (Å²) in [7, 11) is 0. The van der Waals surface area contributed by atoms with Crippen molar-refractivity contribution in [2.24, 2.45) is 5.92 Å². The summed E-state index contributed by atoms with van der Waals surface area (Å²) in [6.45, 7) is 4.10. The summed E-state index contributed by atoms with van der Waals surface area (Å²) in [4.78, 5) is 24.6. The Hall–Kier alpha value is -1.91. The van der Waals surface area contributed by atoms with Gasteiger partial charge in [-0.05, 0) is 30.7 Å². The van der Waals surface area contributed by atoms with Crippen LogP contribution in [0.1, 0.15) is 30.6 Å². The van der Waals surface area contributed by atoms with Gasteiger partial charge in [-0.15, -0.1) is 0 Å². The van der Waals surface area contributed by atoms with Crippen molar-refractivity contribution < 1.29 is 19.1 Å². The number of rotatable bonds is 6. The molecular formula is C14H18FNO3. The topological polar surface area (TPSA) is 57.6 Å². The number of halogens is 1. The van der Waals surface area contributed by atoms with E-state index in [0.29, 0.717) is 12.1 Å². The van der Waals surface area contributed by atoms with Crippen molar-refractivity contribution in [3.63, 3.8) is 0 Å². The summed E-state index contributed by atoms with van der Waals surface area (Å²) in [5.74, 6) is -2.24. The molecule has 5 heteroatoms. The van der Waals surface area contributed by atoms with E-state index < -0.39 is 17.7 Å². The Balaban J connectivity index is 2.83. The molecule has 0 heterocycles. The van der Waals surface area contributed by atoms with Crippen molar-refractivity contribution in [2.45, 2.75) is 20.3 Å². The highest BCUT2D eigenvalue weighted by Crippen LogP contribution is 2.10.